The van der Waals surface area contributed by atoms with Gasteiger partial charge in [0.15, 0.2) is 9.84 Å². The second kappa shape index (κ2) is 21.1. The molecule has 0 N–H and O–H groups in total. The van der Waals surface area contributed by atoms with Gasteiger partial charge in [-0.1, -0.05) is 96.9 Å². The fourth-order valence-electron chi connectivity index (χ4n) is 2.92. The van der Waals surface area contributed by atoms with Crippen LogP contribution in [0.1, 0.15) is 172 Å². The van der Waals surface area contributed by atoms with Crippen molar-refractivity contribution in [2.75, 3.05) is 5.75 Å². The maximum absolute atomic E-state index is 11.7. The molecule has 0 atom stereocenters. The lowest BCUT2D eigenvalue weighted by Gasteiger charge is -2.25. The highest BCUT2D eigenvalue weighted by Crippen LogP contribution is 2.24. The van der Waals surface area contributed by atoms with Crippen LogP contribution in [-0.2, 0) is 24.2 Å². The maximum Gasteiger partial charge on any atom is 0.155 e. The van der Waals surface area contributed by atoms with Gasteiger partial charge in [0.25, 0.3) is 0 Å². The number of rotatable bonds is 5. The van der Waals surface area contributed by atoms with Crippen LogP contribution in [0.3, 0.4) is 0 Å². The normalized spacial score (nSPS) is 12.6. The molecule has 0 aliphatic rings. The number of Topliss-reactive ketones (excluding diaryl/α,β-unsaturated/α-hetero) is 2. The highest BCUT2D eigenvalue weighted by atomic mass is 32.2. The van der Waals surface area contributed by atoms with Crippen molar-refractivity contribution in [3.63, 3.8) is 0 Å². The summed E-state index contributed by atoms with van der Waals surface area (Å²) in [6.07, 6.45) is 1.74. The lowest BCUT2D eigenvalue weighted by atomic mass is 9.86. The second-order valence-corrected chi connectivity index (χ2v) is 20.9. The van der Waals surface area contributed by atoms with Gasteiger partial charge in [-0.15, -0.1) is 0 Å². The third-order valence-corrected chi connectivity index (χ3v) is 7.47. The fourth-order valence-corrected chi connectivity index (χ4v) is 4.49. The van der Waals surface area contributed by atoms with Gasteiger partial charge in [-0.2, -0.15) is 0 Å². The number of hydrogen-bond acceptors (Lipinski definition) is 5. The molecular weight excluding hydrogens is 544 g/mol. The van der Waals surface area contributed by atoms with E-state index in [1.165, 1.54) is 0 Å². The Hall–Kier alpha value is -0.750. The van der Waals surface area contributed by atoms with E-state index in [0.29, 0.717) is 30.6 Å². The molecule has 0 unspecified atom stereocenters. The summed E-state index contributed by atoms with van der Waals surface area (Å²) in [5, 5.41) is 0. The predicted octanol–water partition coefficient (Wildman–Crippen LogP) is 10.8. The molecule has 0 rings (SSSR count). The van der Waals surface area contributed by atoms with Crippen molar-refractivity contribution in [3.05, 3.63) is 0 Å². The summed E-state index contributed by atoms with van der Waals surface area (Å²) in [7, 11) is -2.96. The summed E-state index contributed by atoms with van der Waals surface area (Å²) >= 11 is 0. The van der Waals surface area contributed by atoms with Crippen LogP contribution in [0.5, 0.6) is 0 Å². The first kappa shape index (κ1) is 50.9. The summed E-state index contributed by atoms with van der Waals surface area (Å²) in [5.74, 6) is 2.22. The first-order valence-electron chi connectivity index (χ1n) is 15.8. The molecule has 0 aliphatic heterocycles. The van der Waals surface area contributed by atoms with Crippen molar-refractivity contribution in [1.82, 2.24) is 0 Å². The Morgan fingerprint density at radius 2 is 0.976 bits per heavy atom. The predicted molar refractivity (Wildman–Crippen MR) is 188 cm³/mol. The van der Waals surface area contributed by atoms with Crippen LogP contribution in [0.15, 0.2) is 0 Å². The Kier molecular flexibility index (Phi) is 25.5. The average molecular weight is 623 g/mol. The lowest BCUT2D eigenvalue weighted by Crippen LogP contribution is -2.35. The highest BCUT2D eigenvalue weighted by molar-refractivity contribution is 7.92. The molecule has 0 aromatic carbocycles. The molecule has 0 saturated heterocycles. The lowest BCUT2D eigenvalue weighted by molar-refractivity contribution is -0.127. The first-order chi connectivity index (χ1) is 17.9. The van der Waals surface area contributed by atoms with E-state index in [1.54, 1.807) is 27.7 Å². The molecule has 0 aromatic heterocycles. The van der Waals surface area contributed by atoms with Gasteiger partial charge in [0, 0.05) is 18.3 Å². The summed E-state index contributed by atoms with van der Waals surface area (Å²) in [5.41, 5.74) is -0.101. The minimum absolute atomic E-state index is 0.0220. The van der Waals surface area contributed by atoms with Gasteiger partial charge < -0.3 is 9.53 Å². The molecule has 6 heteroatoms. The molecule has 0 saturated carbocycles. The van der Waals surface area contributed by atoms with Crippen molar-refractivity contribution in [1.29, 1.82) is 0 Å². The van der Waals surface area contributed by atoms with Crippen LogP contribution in [-0.4, -0.2) is 42.2 Å². The number of ketones is 2. The molecule has 5 nitrogen and oxygen atoms in total. The van der Waals surface area contributed by atoms with Crippen molar-refractivity contribution < 1.29 is 22.7 Å². The van der Waals surface area contributed by atoms with Gasteiger partial charge >= 0.3 is 0 Å². The molecule has 0 aromatic rings. The third kappa shape index (κ3) is 49.0. The number of ether oxygens (including phenoxy) is 1. The molecule has 42 heavy (non-hydrogen) atoms. The van der Waals surface area contributed by atoms with Gasteiger partial charge in [0.1, 0.15) is 11.6 Å². The highest BCUT2D eigenvalue weighted by Gasteiger charge is 2.32. The fraction of sp³-hybridized carbons (Fsp3) is 0.944. The summed E-state index contributed by atoms with van der Waals surface area (Å²) in [6, 6.07) is 0. The van der Waals surface area contributed by atoms with E-state index >= 15 is 0 Å². The molecule has 0 fully saturated rings. The van der Waals surface area contributed by atoms with Crippen LogP contribution in [0.2, 0.25) is 0 Å². The van der Waals surface area contributed by atoms with Crippen LogP contribution < -0.4 is 0 Å². The van der Waals surface area contributed by atoms with Crippen LogP contribution in [0, 0.1) is 28.1 Å². The zero-order valence-electron chi connectivity index (χ0n) is 32.8. The van der Waals surface area contributed by atoms with Gasteiger partial charge in [-0.25, -0.2) is 8.42 Å². The SMILES string of the molecule is CC(=O)CC(C)(C)C.CC(C)(C)CS(=O)(=O)C(C)(C)C.CC(C)C.CC(C)CC(=O)C(C)(C)C.CC(C)OC(C)(C)C. The topological polar surface area (TPSA) is 77.5 Å². The van der Waals surface area contributed by atoms with Gasteiger partial charge in [-0.3, -0.25) is 4.79 Å². The quantitative estimate of drug-likeness (QED) is 0.305. The van der Waals surface area contributed by atoms with E-state index < -0.39 is 14.6 Å². The van der Waals surface area contributed by atoms with E-state index in [1.807, 2.05) is 55.4 Å². The van der Waals surface area contributed by atoms with E-state index in [4.69, 9.17) is 4.74 Å². The molecule has 0 radical (unpaired) electrons. The van der Waals surface area contributed by atoms with Crippen molar-refractivity contribution >= 4 is 21.4 Å². The monoisotopic (exact) mass is 623 g/mol. The zero-order chi connectivity index (χ0) is 35.7. The van der Waals surface area contributed by atoms with Crippen molar-refractivity contribution in [2.24, 2.45) is 28.1 Å². The Balaban J connectivity index is -0.000000140. The molecule has 0 aliphatic carbocycles. The number of hydrogen-bond donors (Lipinski definition) is 0. The third-order valence-electron chi connectivity index (χ3n) is 4.35. The maximum atomic E-state index is 11.7. The summed E-state index contributed by atoms with van der Waals surface area (Å²) in [4.78, 5) is 21.7. The molecule has 0 bridgehead atoms. The van der Waals surface area contributed by atoms with E-state index in [-0.39, 0.29) is 33.4 Å². The van der Waals surface area contributed by atoms with Crippen LogP contribution >= 0.6 is 0 Å². The number of carbonyl (C=O) groups is 2. The van der Waals surface area contributed by atoms with E-state index in [0.717, 1.165) is 5.92 Å². The standard InChI is InChI=1S/C9H20O2S.C9H18O.C7H14O.C7H16O.C4H10/c1-8(2,3)7-12(10,11)9(4,5)6;1-7(2)6-8(10)9(3,4)5;1-6(8)5-7(2,3)4;1-6(2)8-7(3,4)5;1-4(2)3/h7H2,1-6H3;7H,6H2,1-5H3;5H2,1-4H3;6H,1-5H3;4H,1-3H3. The molecular formula is C36H78O5S. The van der Waals surface area contributed by atoms with Gasteiger partial charge in [0.2, 0.25) is 0 Å². The Labute approximate surface area is 266 Å². The van der Waals surface area contributed by atoms with Gasteiger partial charge in [-0.05, 0) is 85.0 Å². The molecule has 0 spiro atoms. The van der Waals surface area contributed by atoms with Crippen molar-refractivity contribution in [3.8, 4) is 0 Å². The Morgan fingerprint density at radius 1 is 0.643 bits per heavy atom. The van der Waals surface area contributed by atoms with Gasteiger partial charge in [0.05, 0.1) is 22.2 Å². The number of sulfone groups is 1. The smallest absolute Gasteiger partial charge is 0.155 e. The summed E-state index contributed by atoms with van der Waals surface area (Å²) in [6.45, 7) is 45.7. The van der Waals surface area contributed by atoms with E-state index in [2.05, 4.69) is 76.2 Å². The first-order valence-corrected chi connectivity index (χ1v) is 17.4. The average Bonchev–Trinajstić information content (AvgIpc) is 2.53. The second-order valence-electron chi connectivity index (χ2n) is 18.2. The van der Waals surface area contributed by atoms with Crippen LogP contribution in [0.4, 0.5) is 0 Å². The number of carbonyl (C=O) groups excluding carboxylic acids is 2. The van der Waals surface area contributed by atoms with Crippen LogP contribution in [0.25, 0.3) is 0 Å². The molecule has 0 heterocycles. The molecule has 0 amide bonds. The zero-order valence-corrected chi connectivity index (χ0v) is 33.6. The Bertz CT molecular complexity index is 797. The summed E-state index contributed by atoms with van der Waals surface area (Å²) < 4.78 is 28.1. The Morgan fingerprint density at radius 3 is 1.02 bits per heavy atom. The van der Waals surface area contributed by atoms with Crippen molar-refractivity contribution in [2.45, 2.75) is 189 Å². The minimum Gasteiger partial charge on any atom is -0.373 e. The van der Waals surface area contributed by atoms with E-state index in [9.17, 15) is 18.0 Å². The minimum atomic E-state index is -2.96. The largest absolute Gasteiger partial charge is 0.373 e. The molecule has 258 valence electrons.